The lowest BCUT2D eigenvalue weighted by Crippen LogP contribution is -2.03. The number of allylic oxidation sites excluding steroid dienone is 5. The summed E-state index contributed by atoms with van der Waals surface area (Å²) >= 11 is 0. The predicted octanol–water partition coefficient (Wildman–Crippen LogP) is 3.54. The molecule has 0 spiro atoms. The molecule has 1 rings (SSSR count). The molecule has 0 bridgehead atoms. The molecule has 0 fully saturated rings. The standard InChI is InChI=1S/C15H20O2/c1-10(2)14-8-7-13(6-5-12(4)16)11(3)9-15(14)17/h7H,3,5-6,8-9H2,1-2,4H3. The summed E-state index contributed by atoms with van der Waals surface area (Å²) in [6, 6.07) is 0. The number of rotatable bonds is 3. The molecule has 0 N–H and O–H groups in total. The molecular weight excluding hydrogens is 212 g/mol. The molecule has 0 amide bonds. The molecule has 0 aromatic carbocycles. The lowest BCUT2D eigenvalue weighted by atomic mass is 9.98. The second kappa shape index (κ2) is 5.76. The van der Waals surface area contributed by atoms with Crippen molar-refractivity contribution in [2.45, 2.75) is 46.5 Å². The van der Waals surface area contributed by atoms with Crippen LogP contribution in [0.15, 0.2) is 34.9 Å². The molecule has 2 heteroatoms. The minimum Gasteiger partial charge on any atom is -0.300 e. The van der Waals surface area contributed by atoms with Crippen molar-refractivity contribution in [3.63, 3.8) is 0 Å². The molecule has 0 saturated carbocycles. The van der Waals surface area contributed by atoms with E-state index in [2.05, 4.69) is 12.7 Å². The van der Waals surface area contributed by atoms with Gasteiger partial charge in [0.15, 0.2) is 5.78 Å². The van der Waals surface area contributed by atoms with Gasteiger partial charge in [-0.3, -0.25) is 4.79 Å². The lowest BCUT2D eigenvalue weighted by Gasteiger charge is -2.06. The Balaban J connectivity index is 2.87. The van der Waals surface area contributed by atoms with Crippen LogP contribution in [0.5, 0.6) is 0 Å². The van der Waals surface area contributed by atoms with Crippen molar-refractivity contribution >= 4 is 11.6 Å². The Bertz CT molecular complexity index is 418. The first kappa shape index (κ1) is 13.6. The third-order valence-electron chi connectivity index (χ3n) is 3.07. The number of Topliss-reactive ketones (excluding diaryl/α,β-unsaturated/α-hetero) is 2. The molecule has 0 aromatic heterocycles. The highest BCUT2D eigenvalue weighted by Gasteiger charge is 2.18. The number of hydrogen-bond acceptors (Lipinski definition) is 2. The summed E-state index contributed by atoms with van der Waals surface area (Å²) in [5.74, 6) is 0.348. The zero-order chi connectivity index (χ0) is 13.0. The van der Waals surface area contributed by atoms with Gasteiger partial charge < -0.3 is 4.79 Å². The van der Waals surface area contributed by atoms with Gasteiger partial charge in [0.25, 0.3) is 0 Å². The fourth-order valence-corrected chi connectivity index (χ4v) is 1.97. The predicted molar refractivity (Wildman–Crippen MR) is 69.8 cm³/mol. The largest absolute Gasteiger partial charge is 0.300 e. The Hall–Kier alpha value is -1.44. The van der Waals surface area contributed by atoms with Crippen LogP contribution in [0.25, 0.3) is 0 Å². The Morgan fingerprint density at radius 2 is 2.00 bits per heavy atom. The molecule has 2 nitrogen and oxygen atoms in total. The highest BCUT2D eigenvalue weighted by atomic mass is 16.1. The van der Waals surface area contributed by atoms with Gasteiger partial charge >= 0.3 is 0 Å². The van der Waals surface area contributed by atoms with Crippen molar-refractivity contribution in [1.82, 2.24) is 0 Å². The van der Waals surface area contributed by atoms with Gasteiger partial charge in [-0.25, -0.2) is 0 Å². The average molecular weight is 232 g/mol. The molecule has 17 heavy (non-hydrogen) atoms. The van der Waals surface area contributed by atoms with Crippen molar-refractivity contribution < 1.29 is 9.59 Å². The Labute approximate surface area is 103 Å². The fraction of sp³-hybridized carbons (Fsp3) is 0.467. The first-order valence-corrected chi connectivity index (χ1v) is 5.98. The summed E-state index contributed by atoms with van der Waals surface area (Å²) in [4.78, 5) is 22.9. The normalized spacial score (nSPS) is 16.6. The van der Waals surface area contributed by atoms with Crippen molar-refractivity contribution in [3.05, 3.63) is 34.9 Å². The number of ketones is 2. The maximum Gasteiger partial charge on any atom is 0.163 e. The highest BCUT2D eigenvalue weighted by Crippen LogP contribution is 2.27. The average Bonchev–Trinajstić information content (AvgIpc) is 2.34. The van der Waals surface area contributed by atoms with Gasteiger partial charge in [0.2, 0.25) is 0 Å². The van der Waals surface area contributed by atoms with Gasteiger partial charge in [0, 0.05) is 12.8 Å². The van der Waals surface area contributed by atoms with E-state index in [1.54, 1.807) is 6.92 Å². The summed E-state index contributed by atoms with van der Waals surface area (Å²) in [5, 5.41) is 0. The smallest absolute Gasteiger partial charge is 0.163 e. The van der Waals surface area contributed by atoms with E-state index in [1.807, 2.05) is 13.8 Å². The van der Waals surface area contributed by atoms with Crippen LogP contribution in [0.3, 0.4) is 0 Å². The van der Waals surface area contributed by atoms with Crippen LogP contribution in [-0.2, 0) is 9.59 Å². The molecule has 0 radical (unpaired) electrons. The quantitative estimate of drug-likeness (QED) is 0.697. The summed E-state index contributed by atoms with van der Waals surface area (Å²) in [6.45, 7) is 9.47. The van der Waals surface area contributed by atoms with Gasteiger partial charge in [-0.2, -0.15) is 0 Å². The van der Waals surface area contributed by atoms with Crippen LogP contribution < -0.4 is 0 Å². The summed E-state index contributed by atoms with van der Waals surface area (Å²) < 4.78 is 0. The van der Waals surface area contributed by atoms with E-state index in [-0.39, 0.29) is 11.6 Å². The molecule has 0 unspecified atom stereocenters. The van der Waals surface area contributed by atoms with E-state index >= 15 is 0 Å². The first-order chi connectivity index (χ1) is 7.91. The van der Waals surface area contributed by atoms with Crippen LogP contribution >= 0.6 is 0 Å². The van der Waals surface area contributed by atoms with Crippen molar-refractivity contribution in [3.8, 4) is 0 Å². The van der Waals surface area contributed by atoms with Crippen molar-refractivity contribution in [2.24, 2.45) is 0 Å². The minimum absolute atomic E-state index is 0.170. The Morgan fingerprint density at radius 1 is 1.35 bits per heavy atom. The molecule has 0 aromatic rings. The second-order valence-corrected chi connectivity index (χ2v) is 4.82. The maximum atomic E-state index is 11.9. The van der Waals surface area contributed by atoms with Crippen LogP contribution in [-0.4, -0.2) is 11.6 Å². The number of hydrogen-bond donors (Lipinski definition) is 0. The highest BCUT2D eigenvalue weighted by molar-refractivity contribution is 5.98. The zero-order valence-corrected chi connectivity index (χ0v) is 10.9. The first-order valence-electron chi connectivity index (χ1n) is 5.98. The number of carbonyl (C=O) groups is 2. The van der Waals surface area contributed by atoms with Crippen molar-refractivity contribution in [1.29, 1.82) is 0 Å². The van der Waals surface area contributed by atoms with E-state index in [0.717, 1.165) is 22.3 Å². The molecule has 0 saturated heterocycles. The SMILES string of the molecule is C=C1CC(=O)C(=C(C)C)CC=C1CCC(C)=O. The van der Waals surface area contributed by atoms with E-state index in [0.29, 0.717) is 25.7 Å². The van der Waals surface area contributed by atoms with E-state index in [1.165, 1.54) is 0 Å². The Morgan fingerprint density at radius 3 is 2.53 bits per heavy atom. The van der Waals surface area contributed by atoms with Crippen LogP contribution in [0.1, 0.15) is 46.5 Å². The monoisotopic (exact) mass is 232 g/mol. The van der Waals surface area contributed by atoms with Crippen LogP contribution in [0.4, 0.5) is 0 Å². The lowest BCUT2D eigenvalue weighted by molar-refractivity contribution is -0.117. The Kier molecular flexibility index (Phi) is 4.62. The van der Waals surface area contributed by atoms with Gasteiger partial charge in [0.05, 0.1) is 0 Å². The topological polar surface area (TPSA) is 34.1 Å². The van der Waals surface area contributed by atoms with Gasteiger partial charge in [-0.05, 0) is 50.3 Å². The van der Waals surface area contributed by atoms with E-state index in [4.69, 9.17) is 0 Å². The minimum atomic E-state index is 0.170. The molecule has 92 valence electrons. The summed E-state index contributed by atoms with van der Waals surface area (Å²) in [7, 11) is 0. The van der Waals surface area contributed by atoms with Crippen molar-refractivity contribution in [2.75, 3.05) is 0 Å². The van der Waals surface area contributed by atoms with Gasteiger partial charge in [-0.1, -0.05) is 18.2 Å². The van der Waals surface area contributed by atoms with Crippen LogP contribution in [0.2, 0.25) is 0 Å². The third kappa shape index (κ3) is 3.81. The molecular formula is C15H20O2. The second-order valence-electron chi connectivity index (χ2n) is 4.82. The van der Waals surface area contributed by atoms with Gasteiger partial charge in [-0.15, -0.1) is 0 Å². The van der Waals surface area contributed by atoms with E-state index in [9.17, 15) is 9.59 Å². The molecule has 0 atom stereocenters. The number of carbonyl (C=O) groups excluding carboxylic acids is 2. The summed E-state index contributed by atoms with van der Waals surface area (Å²) in [5.41, 5.74) is 3.91. The molecule has 1 aliphatic carbocycles. The fourth-order valence-electron chi connectivity index (χ4n) is 1.97. The molecule has 0 aliphatic heterocycles. The summed E-state index contributed by atoms with van der Waals surface area (Å²) in [6.07, 6.45) is 4.36. The maximum absolute atomic E-state index is 11.9. The van der Waals surface area contributed by atoms with Gasteiger partial charge in [0.1, 0.15) is 5.78 Å². The zero-order valence-electron chi connectivity index (χ0n) is 10.9. The molecule has 0 heterocycles. The van der Waals surface area contributed by atoms with E-state index < -0.39 is 0 Å². The molecule has 1 aliphatic rings. The van der Waals surface area contributed by atoms with Crippen LogP contribution in [0, 0.1) is 0 Å². The third-order valence-corrected chi connectivity index (χ3v) is 3.07.